The minimum atomic E-state index is 0.00861. The van der Waals surface area contributed by atoms with Crippen LogP contribution in [0.2, 0.25) is 0 Å². The molecule has 0 saturated heterocycles. The summed E-state index contributed by atoms with van der Waals surface area (Å²) < 4.78 is 0. The van der Waals surface area contributed by atoms with Crippen LogP contribution in [0.3, 0.4) is 0 Å². The average Bonchev–Trinajstić information content (AvgIpc) is 2.47. The molecular formula is C16H31N3O2. The Morgan fingerprint density at radius 3 is 2.76 bits per heavy atom. The molecule has 1 fully saturated rings. The number of hydrogen-bond donors (Lipinski definition) is 3. The number of carbonyl (C=O) groups excluding carboxylic acids is 2. The molecule has 0 heterocycles. The summed E-state index contributed by atoms with van der Waals surface area (Å²) in [7, 11) is 0. The SMILES string of the molecule is CCC(C)NC(=O)CCNC(=O)C1CCCC(CCN)C1. The van der Waals surface area contributed by atoms with Crippen molar-refractivity contribution >= 4 is 11.8 Å². The van der Waals surface area contributed by atoms with Crippen molar-refractivity contribution in [3.05, 3.63) is 0 Å². The van der Waals surface area contributed by atoms with Gasteiger partial charge >= 0.3 is 0 Å². The van der Waals surface area contributed by atoms with Gasteiger partial charge in [-0.1, -0.05) is 19.8 Å². The predicted molar refractivity (Wildman–Crippen MR) is 84.6 cm³/mol. The van der Waals surface area contributed by atoms with Crippen LogP contribution in [0, 0.1) is 11.8 Å². The highest BCUT2D eigenvalue weighted by Gasteiger charge is 2.26. The van der Waals surface area contributed by atoms with Gasteiger partial charge in [-0.3, -0.25) is 9.59 Å². The molecule has 21 heavy (non-hydrogen) atoms. The third kappa shape index (κ3) is 6.93. The number of hydrogen-bond acceptors (Lipinski definition) is 3. The van der Waals surface area contributed by atoms with E-state index in [4.69, 9.17) is 5.73 Å². The summed E-state index contributed by atoms with van der Waals surface area (Å²) in [6, 6.07) is 0.198. The summed E-state index contributed by atoms with van der Waals surface area (Å²) in [6.45, 7) is 5.15. The maximum Gasteiger partial charge on any atom is 0.223 e. The van der Waals surface area contributed by atoms with E-state index in [1.165, 1.54) is 6.42 Å². The average molecular weight is 297 g/mol. The zero-order valence-electron chi connectivity index (χ0n) is 13.5. The van der Waals surface area contributed by atoms with Gasteiger partial charge < -0.3 is 16.4 Å². The molecule has 5 heteroatoms. The van der Waals surface area contributed by atoms with Gasteiger partial charge in [0.25, 0.3) is 0 Å². The highest BCUT2D eigenvalue weighted by Crippen LogP contribution is 2.30. The standard InChI is InChI=1S/C16H31N3O2/c1-3-12(2)19-15(20)8-10-18-16(21)14-6-4-5-13(11-14)7-9-17/h12-14H,3-11,17H2,1-2H3,(H,18,21)(H,19,20). The number of amides is 2. The lowest BCUT2D eigenvalue weighted by Crippen LogP contribution is -2.38. The van der Waals surface area contributed by atoms with Crippen LogP contribution in [0.5, 0.6) is 0 Å². The maximum atomic E-state index is 12.1. The minimum absolute atomic E-state index is 0.00861. The molecule has 0 spiro atoms. The molecule has 3 atom stereocenters. The lowest BCUT2D eigenvalue weighted by molar-refractivity contribution is -0.126. The first kappa shape index (κ1) is 18.0. The van der Waals surface area contributed by atoms with Crippen molar-refractivity contribution in [3.63, 3.8) is 0 Å². The van der Waals surface area contributed by atoms with Gasteiger partial charge in [-0.25, -0.2) is 0 Å². The normalized spacial score (nSPS) is 23.4. The van der Waals surface area contributed by atoms with Crippen molar-refractivity contribution in [3.8, 4) is 0 Å². The second kappa shape index (κ2) is 9.77. The molecule has 0 radical (unpaired) electrons. The van der Waals surface area contributed by atoms with Crippen LogP contribution in [-0.4, -0.2) is 30.9 Å². The molecule has 2 amide bonds. The highest BCUT2D eigenvalue weighted by atomic mass is 16.2. The van der Waals surface area contributed by atoms with Gasteiger partial charge in [-0.05, 0) is 45.1 Å². The fraction of sp³-hybridized carbons (Fsp3) is 0.875. The summed E-state index contributed by atoms with van der Waals surface area (Å²) in [5, 5.41) is 5.81. The lowest BCUT2D eigenvalue weighted by atomic mass is 9.79. The molecule has 122 valence electrons. The van der Waals surface area contributed by atoms with Crippen LogP contribution in [0.25, 0.3) is 0 Å². The number of nitrogens with two attached hydrogens (primary N) is 1. The van der Waals surface area contributed by atoms with Crippen molar-refractivity contribution < 1.29 is 9.59 Å². The Hall–Kier alpha value is -1.10. The van der Waals surface area contributed by atoms with Crippen molar-refractivity contribution in [1.29, 1.82) is 0 Å². The lowest BCUT2D eigenvalue weighted by Gasteiger charge is -2.28. The number of carbonyl (C=O) groups is 2. The largest absolute Gasteiger partial charge is 0.355 e. The molecule has 4 N–H and O–H groups in total. The first-order chi connectivity index (χ1) is 10.1. The molecule has 0 aromatic rings. The molecule has 0 aromatic heterocycles. The van der Waals surface area contributed by atoms with Crippen molar-refractivity contribution in [2.24, 2.45) is 17.6 Å². The van der Waals surface area contributed by atoms with E-state index in [2.05, 4.69) is 10.6 Å². The quantitative estimate of drug-likeness (QED) is 0.635. The monoisotopic (exact) mass is 297 g/mol. The minimum Gasteiger partial charge on any atom is -0.355 e. The highest BCUT2D eigenvalue weighted by molar-refractivity contribution is 5.80. The second-order valence-electron chi connectivity index (χ2n) is 6.22. The number of nitrogens with one attached hydrogen (secondary N) is 2. The Bertz CT molecular complexity index is 331. The molecule has 1 aliphatic rings. The van der Waals surface area contributed by atoms with E-state index < -0.39 is 0 Å². The van der Waals surface area contributed by atoms with E-state index in [9.17, 15) is 9.59 Å². The summed E-state index contributed by atoms with van der Waals surface area (Å²) in [5.74, 6) is 0.809. The van der Waals surface area contributed by atoms with Crippen molar-refractivity contribution in [2.75, 3.05) is 13.1 Å². The molecule has 0 bridgehead atoms. The van der Waals surface area contributed by atoms with Gasteiger partial charge in [0.2, 0.25) is 11.8 Å². The van der Waals surface area contributed by atoms with E-state index in [0.29, 0.717) is 25.4 Å². The van der Waals surface area contributed by atoms with Crippen LogP contribution in [-0.2, 0) is 9.59 Å². The first-order valence-electron chi connectivity index (χ1n) is 8.33. The Morgan fingerprint density at radius 2 is 2.10 bits per heavy atom. The van der Waals surface area contributed by atoms with Crippen LogP contribution >= 0.6 is 0 Å². The van der Waals surface area contributed by atoms with E-state index in [0.717, 1.165) is 32.1 Å². The number of rotatable bonds is 8. The zero-order valence-corrected chi connectivity index (χ0v) is 13.5. The summed E-state index contributed by atoms with van der Waals surface area (Å²) in [5.41, 5.74) is 5.60. The van der Waals surface area contributed by atoms with Crippen LogP contribution < -0.4 is 16.4 Å². The smallest absolute Gasteiger partial charge is 0.223 e. The summed E-state index contributed by atoms with van der Waals surface area (Å²) >= 11 is 0. The molecule has 1 saturated carbocycles. The van der Waals surface area contributed by atoms with Gasteiger partial charge in [0.1, 0.15) is 0 Å². The zero-order chi connectivity index (χ0) is 15.7. The summed E-state index contributed by atoms with van der Waals surface area (Å²) in [6.07, 6.45) is 6.50. The topological polar surface area (TPSA) is 84.2 Å². The third-order valence-electron chi connectivity index (χ3n) is 4.40. The molecule has 0 aliphatic heterocycles. The van der Waals surface area contributed by atoms with Gasteiger partial charge in [-0.2, -0.15) is 0 Å². The summed E-state index contributed by atoms with van der Waals surface area (Å²) in [4.78, 5) is 23.8. The van der Waals surface area contributed by atoms with E-state index >= 15 is 0 Å². The van der Waals surface area contributed by atoms with Gasteiger partial charge in [0.05, 0.1) is 0 Å². The van der Waals surface area contributed by atoms with Crippen molar-refractivity contribution in [2.45, 2.75) is 64.8 Å². The fourth-order valence-electron chi connectivity index (χ4n) is 2.92. The van der Waals surface area contributed by atoms with Crippen LogP contribution in [0.1, 0.15) is 58.8 Å². The first-order valence-corrected chi connectivity index (χ1v) is 8.33. The van der Waals surface area contributed by atoms with Crippen LogP contribution in [0.4, 0.5) is 0 Å². The Morgan fingerprint density at radius 1 is 1.33 bits per heavy atom. The van der Waals surface area contributed by atoms with Gasteiger partial charge in [0.15, 0.2) is 0 Å². The maximum absolute atomic E-state index is 12.1. The Kier molecular flexibility index (Phi) is 8.35. The molecule has 0 aromatic carbocycles. The molecular weight excluding hydrogens is 266 g/mol. The predicted octanol–water partition coefficient (Wildman–Crippen LogP) is 1.56. The van der Waals surface area contributed by atoms with E-state index in [1.807, 2.05) is 13.8 Å². The third-order valence-corrected chi connectivity index (χ3v) is 4.40. The van der Waals surface area contributed by atoms with Crippen LogP contribution in [0.15, 0.2) is 0 Å². The molecule has 3 unspecified atom stereocenters. The Balaban J connectivity index is 2.22. The van der Waals surface area contributed by atoms with E-state index in [1.54, 1.807) is 0 Å². The van der Waals surface area contributed by atoms with Crippen molar-refractivity contribution in [1.82, 2.24) is 10.6 Å². The van der Waals surface area contributed by atoms with Gasteiger partial charge in [-0.15, -0.1) is 0 Å². The van der Waals surface area contributed by atoms with Gasteiger partial charge in [0, 0.05) is 24.9 Å². The molecule has 5 nitrogen and oxygen atoms in total. The molecule has 1 aliphatic carbocycles. The Labute approximate surface area is 128 Å². The second-order valence-corrected chi connectivity index (χ2v) is 6.22. The fourth-order valence-corrected chi connectivity index (χ4v) is 2.92. The van der Waals surface area contributed by atoms with E-state index in [-0.39, 0.29) is 23.8 Å². The molecule has 1 rings (SSSR count).